The Balaban J connectivity index is 2.24. The third-order valence-electron chi connectivity index (χ3n) is 3.32. The highest BCUT2D eigenvalue weighted by Crippen LogP contribution is 2.32. The number of ether oxygens (including phenoxy) is 2. The van der Waals surface area contributed by atoms with Gasteiger partial charge < -0.3 is 9.47 Å². The van der Waals surface area contributed by atoms with Crippen LogP contribution in [0, 0.1) is 5.82 Å². The SMILES string of the molecule is CCOC(=O)C(=O)c1cc(OC2CCCC2)c(Cl)cc1F. The van der Waals surface area contributed by atoms with Crippen molar-refractivity contribution in [1.29, 1.82) is 0 Å². The molecule has 0 amide bonds. The molecule has 1 fully saturated rings. The normalized spacial score (nSPS) is 15.0. The second-order valence-corrected chi connectivity index (χ2v) is 5.24. The number of ketones is 1. The average molecular weight is 315 g/mol. The molecule has 0 atom stereocenters. The lowest BCUT2D eigenvalue weighted by molar-refractivity contribution is -0.137. The molecule has 0 spiro atoms. The van der Waals surface area contributed by atoms with E-state index in [0.717, 1.165) is 31.7 Å². The van der Waals surface area contributed by atoms with Crippen molar-refractivity contribution in [2.45, 2.75) is 38.7 Å². The Kier molecular flexibility index (Phi) is 5.17. The first-order valence-corrected chi connectivity index (χ1v) is 7.28. The van der Waals surface area contributed by atoms with Gasteiger partial charge in [0.05, 0.1) is 23.3 Å². The van der Waals surface area contributed by atoms with Gasteiger partial charge in [-0.15, -0.1) is 0 Å². The van der Waals surface area contributed by atoms with E-state index in [1.807, 2.05) is 0 Å². The van der Waals surface area contributed by atoms with Gasteiger partial charge in [-0.25, -0.2) is 9.18 Å². The second kappa shape index (κ2) is 6.89. The lowest BCUT2D eigenvalue weighted by Crippen LogP contribution is -2.19. The van der Waals surface area contributed by atoms with Crippen molar-refractivity contribution in [1.82, 2.24) is 0 Å². The predicted molar refractivity (Wildman–Crippen MR) is 75.3 cm³/mol. The molecule has 0 N–H and O–H groups in total. The van der Waals surface area contributed by atoms with Crippen LogP contribution in [0.2, 0.25) is 5.02 Å². The Morgan fingerprint density at radius 1 is 1.33 bits per heavy atom. The summed E-state index contributed by atoms with van der Waals surface area (Å²) < 4.78 is 24.1. The van der Waals surface area contributed by atoms with Crippen molar-refractivity contribution in [3.8, 4) is 5.75 Å². The van der Waals surface area contributed by atoms with Crippen LogP contribution in [0.3, 0.4) is 0 Å². The van der Waals surface area contributed by atoms with Gasteiger partial charge in [0.15, 0.2) is 0 Å². The fraction of sp³-hybridized carbons (Fsp3) is 0.467. The Morgan fingerprint density at radius 3 is 2.62 bits per heavy atom. The van der Waals surface area contributed by atoms with E-state index in [1.165, 1.54) is 6.07 Å². The van der Waals surface area contributed by atoms with Crippen LogP contribution in [-0.2, 0) is 9.53 Å². The number of benzene rings is 1. The maximum atomic E-state index is 13.8. The maximum Gasteiger partial charge on any atom is 0.379 e. The summed E-state index contributed by atoms with van der Waals surface area (Å²) in [5, 5.41) is 0.0832. The molecule has 1 aliphatic carbocycles. The van der Waals surface area contributed by atoms with E-state index in [4.69, 9.17) is 16.3 Å². The number of hydrogen-bond acceptors (Lipinski definition) is 4. The van der Waals surface area contributed by atoms with Crippen molar-refractivity contribution >= 4 is 23.4 Å². The van der Waals surface area contributed by atoms with Gasteiger partial charge in [0.1, 0.15) is 11.6 Å². The van der Waals surface area contributed by atoms with Crippen LogP contribution in [0.15, 0.2) is 12.1 Å². The van der Waals surface area contributed by atoms with E-state index in [9.17, 15) is 14.0 Å². The summed E-state index contributed by atoms with van der Waals surface area (Å²) in [6.07, 6.45) is 3.94. The lowest BCUT2D eigenvalue weighted by atomic mass is 10.1. The highest BCUT2D eigenvalue weighted by molar-refractivity contribution is 6.41. The van der Waals surface area contributed by atoms with Crippen molar-refractivity contribution in [3.05, 3.63) is 28.5 Å². The monoisotopic (exact) mass is 314 g/mol. The van der Waals surface area contributed by atoms with Crippen LogP contribution >= 0.6 is 11.6 Å². The van der Waals surface area contributed by atoms with E-state index in [2.05, 4.69) is 4.74 Å². The zero-order valence-electron chi connectivity index (χ0n) is 11.7. The number of esters is 1. The second-order valence-electron chi connectivity index (χ2n) is 4.84. The molecule has 0 radical (unpaired) electrons. The molecule has 6 heteroatoms. The van der Waals surface area contributed by atoms with Gasteiger partial charge in [-0.1, -0.05) is 11.6 Å². The zero-order chi connectivity index (χ0) is 15.4. The number of Topliss-reactive ketones (excluding diaryl/α,β-unsaturated/α-hetero) is 1. The molecule has 0 heterocycles. The largest absolute Gasteiger partial charge is 0.489 e. The predicted octanol–water partition coefficient (Wildman–Crippen LogP) is 3.55. The summed E-state index contributed by atoms with van der Waals surface area (Å²) in [5.41, 5.74) is -0.383. The van der Waals surface area contributed by atoms with Gasteiger partial charge in [-0.2, -0.15) is 0 Å². The number of hydrogen-bond donors (Lipinski definition) is 0. The summed E-state index contributed by atoms with van der Waals surface area (Å²) in [6, 6.07) is 2.16. The molecule has 0 unspecified atom stereocenters. The van der Waals surface area contributed by atoms with E-state index >= 15 is 0 Å². The van der Waals surface area contributed by atoms with Gasteiger partial charge in [-0.05, 0) is 44.7 Å². The molecule has 114 valence electrons. The van der Waals surface area contributed by atoms with E-state index in [0.29, 0.717) is 0 Å². The minimum atomic E-state index is -1.09. The molecule has 0 saturated heterocycles. The third kappa shape index (κ3) is 3.73. The van der Waals surface area contributed by atoms with Gasteiger partial charge in [0.2, 0.25) is 0 Å². The zero-order valence-corrected chi connectivity index (χ0v) is 12.4. The third-order valence-corrected chi connectivity index (χ3v) is 3.62. The summed E-state index contributed by atoms with van der Waals surface area (Å²) in [6.45, 7) is 1.61. The van der Waals surface area contributed by atoms with Crippen molar-refractivity contribution in [3.63, 3.8) is 0 Å². The van der Waals surface area contributed by atoms with Crippen molar-refractivity contribution < 1.29 is 23.5 Å². The molecule has 1 aliphatic rings. The van der Waals surface area contributed by atoms with Crippen LogP contribution in [0.5, 0.6) is 5.75 Å². The van der Waals surface area contributed by atoms with Crippen molar-refractivity contribution in [2.75, 3.05) is 6.61 Å². The van der Waals surface area contributed by atoms with E-state index in [-0.39, 0.29) is 29.0 Å². The lowest BCUT2D eigenvalue weighted by Gasteiger charge is -2.15. The van der Waals surface area contributed by atoms with E-state index < -0.39 is 17.6 Å². The summed E-state index contributed by atoms with van der Waals surface area (Å²) in [5.74, 6) is -2.78. The van der Waals surface area contributed by atoms with E-state index in [1.54, 1.807) is 6.92 Å². The molecule has 21 heavy (non-hydrogen) atoms. The molecule has 1 aromatic carbocycles. The summed E-state index contributed by atoms with van der Waals surface area (Å²) in [7, 11) is 0. The summed E-state index contributed by atoms with van der Waals surface area (Å²) in [4.78, 5) is 23.3. The maximum absolute atomic E-state index is 13.8. The van der Waals surface area contributed by atoms with Crippen LogP contribution in [0.25, 0.3) is 0 Å². The number of halogens is 2. The molecule has 1 saturated carbocycles. The molecule has 2 rings (SSSR count). The van der Waals surface area contributed by atoms with Crippen molar-refractivity contribution in [2.24, 2.45) is 0 Å². The smallest absolute Gasteiger partial charge is 0.379 e. The Morgan fingerprint density at radius 2 is 2.00 bits per heavy atom. The van der Waals surface area contributed by atoms with Crippen LogP contribution in [0.4, 0.5) is 4.39 Å². The fourth-order valence-electron chi connectivity index (χ4n) is 2.29. The van der Waals surface area contributed by atoms with Crippen LogP contribution in [-0.4, -0.2) is 24.5 Å². The molecule has 0 bridgehead atoms. The van der Waals surface area contributed by atoms with Crippen LogP contribution in [0.1, 0.15) is 43.0 Å². The first kappa shape index (κ1) is 15.8. The Hall–Kier alpha value is -1.62. The number of carbonyl (C=O) groups is 2. The molecule has 0 aliphatic heterocycles. The topological polar surface area (TPSA) is 52.6 Å². The minimum Gasteiger partial charge on any atom is -0.489 e. The average Bonchev–Trinajstić information content (AvgIpc) is 2.94. The minimum absolute atomic E-state index is 0.0125. The Labute approximate surface area is 127 Å². The molecule has 4 nitrogen and oxygen atoms in total. The van der Waals surface area contributed by atoms with Gasteiger partial charge in [0.25, 0.3) is 5.78 Å². The van der Waals surface area contributed by atoms with Gasteiger partial charge >= 0.3 is 5.97 Å². The first-order valence-electron chi connectivity index (χ1n) is 6.90. The quantitative estimate of drug-likeness (QED) is 0.474. The first-order chi connectivity index (χ1) is 10.0. The fourth-order valence-corrected chi connectivity index (χ4v) is 2.48. The van der Waals surface area contributed by atoms with Crippen LogP contribution < -0.4 is 4.74 Å². The highest BCUT2D eigenvalue weighted by Gasteiger charge is 2.25. The molecular formula is C15H16ClFO4. The Bertz CT molecular complexity index is 553. The molecular weight excluding hydrogens is 299 g/mol. The summed E-state index contributed by atoms with van der Waals surface area (Å²) >= 11 is 5.93. The van der Waals surface area contributed by atoms with Gasteiger partial charge in [0, 0.05) is 0 Å². The molecule has 1 aromatic rings. The highest BCUT2D eigenvalue weighted by atomic mass is 35.5. The standard InChI is InChI=1S/C15H16ClFO4/c1-2-20-15(19)14(18)10-7-13(11(16)8-12(10)17)21-9-5-3-4-6-9/h7-9H,2-6H2,1H3. The number of rotatable bonds is 5. The molecule has 0 aromatic heterocycles. The number of carbonyl (C=O) groups excluding carboxylic acids is 2. The van der Waals surface area contributed by atoms with Gasteiger partial charge in [-0.3, -0.25) is 4.79 Å².